The molecule has 31 heavy (non-hydrogen) atoms. The Morgan fingerprint density at radius 1 is 1.29 bits per heavy atom. The molecule has 5 rings (SSSR count). The van der Waals surface area contributed by atoms with Crippen molar-refractivity contribution in [3.63, 3.8) is 0 Å². The van der Waals surface area contributed by atoms with E-state index in [0.717, 1.165) is 48.3 Å². The molecular weight excluding hydrogens is 394 g/mol. The van der Waals surface area contributed by atoms with E-state index in [2.05, 4.69) is 27.1 Å². The van der Waals surface area contributed by atoms with Crippen LogP contribution in [0.4, 0.5) is 0 Å². The Bertz CT molecular complexity index is 1210. The number of aromatic nitrogens is 5. The number of pyridine rings is 1. The van der Waals surface area contributed by atoms with Crippen LogP contribution < -0.4 is 0 Å². The van der Waals surface area contributed by atoms with Crippen molar-refractivity contribution >= 4 is 17.1 Å². The first-order valence-corrected chi connectivity index (χ1v) is 10.6. The minimum atomic E-state index is -0.417. The van der Waals surface area contributed by atoms with E-state index >= 15 is 0 Å². The van der Waals surface area contributed by atoms with Crippen molar-refractivity contribution in [1.82, 2.24) is 24.9 Å². The molecule has 8 heteroatoms. The van der Waals surface area contributed by atoms with Gasteiger partial charge < -0.3 is 9.26 Å². The average Bonchev–Trinajstić information content (AvgIpc) is 3.34. The highest BCUT2D eigenvalue weighted by atomic mass is 16.5. The normalized spacial score (nSPS) is 14.6. The zero-order valence-electron chi connectivity index (χ0n) is 17.5. The first-order valence-electron chi connectivity index (χ1n) is 10.6. The van der Waals surface area contributed by atoms with E-state index in [0.29, 0.717) is 22.6 Å². The van der Waals surface area contributed by atoms with Gasteiger partial charge in [-0.1, -0.05) is 30.6 Å². The van der Waals surface area contributed by atoms with Crippen molar-refractivity contribution in [1.29, 1.82) is 0 Å². The van der Waals surface area contributed by atoms with E-state index < -0.39 is 6.10 Å². The van der Waals surface area contributed by atoms with Gasteiger partial charge in [-0.2, -0.15) is 5.10 Å². The van der Waals surface area contributed by atoms with Crippen LogP contribution in [0.1, 0.15) is 72.4 Å². The first-order chi connectivity index (χ1) is 15.1. The molecule has 8 nitrogen and oxygen atoms in total. The fraction of sp³-hybridized carbons (Fsp3) is 0.348. The molecule has 1 fully saturated rings. The third-order valence-electron chi connectivity index (χ3n) is 5.57. The van der Waals surface area contributed by atoms with E-state index in [-0.39, 0.29) is 5.97 Å². The smallest absolute Gasteiger partial charge is 0.339 e. The average molecular weight is 417 g/mol. The molecule has 3 aromatic heterocycles. The molecule has 0 saturated heterocycles. The summed E-state index contributed by atoms with van der Waals surface area (Å²) in [7, 11) is 0. The van der Waals surface area contributed by atoms with Crippen LogP contribution in [-0.2, 0) is 11.2 Å². The molecule has 0 unspecified atom stereocenters. The van der Waals surface area contributed by atoms with Crippen LogP contribution in [0.3, 0.4) is 0 Å². The summed E-state index contributed by atoms with van der Waals surface area (Å²) in [5.74, 6) is 0.000125. The first kappa shape index (κ1) is 19.4. The van der Waals surface area contributed by atoms with Crippen LogP contribution >= 0.6 is 0 Å². The summed E-state index contributed by atoms with van der Waals surface area (Å²) in [6, 6.07) is 9.55. The van der Waals surface area contributed by atoms with E-state index in [1.54, 1.807) is 11.0 Å². The van der Waals surface area contributed by atoms with Crippen molar-refractivity contribution < 1.29 is 14.1 Å². The van der Waals surface area contributed by atoms with E-state index in [4.69, 9.17) is 9.26 Å². The SMILES string of the molecule is CCCc1noc2nc(C3CC3)cc(C(=O)O[C@H](C)c3ccc(-n4cncn4)cc3)c12. The number of rotatable bonds is 7. The van der Waals surface area contributed by atoms with Crippen molar-refractivity contribution in [2.45, 2.75) is 51.6 Å². The molecule has 1 aliphatic carbocycles. The second-order valence-electron chi connectivity index (χ2n) is 7.91. The lowest BCUT2D eigenvalue weighted by Crippen LogP contribution is -2.11. The molecule has 0 bridgehead atoms. The monoisotopic (exact) mass is 417 g/mol. The Balaban J connectivity index is 1.42. The topological polar surface area (TPSA) is 95.9 Å². The van der Waals surface area contributed by atoms with Crippen LogP contribution in [0, 0.1) is 0 Å². The van der Waals surface area contributed by atoms with Gasteiger partial charge in [0, 0.05) is 11.6 Å². The number of esters is 1. The van der Waals surface area contributed by atoms with Gasteiger partial charge in [0.25, 0.3) is 5.71 Å². The van der Waals surface area contributed by atoms with Crippen LogP contribution in [0.5, 0.6) is 0 Å². The molecule has 1 atom stereocenters. The molecular formula is C23H23N5O3. The maximum Gasteiger partial charge on any atom is 0.339 e. The standard InChI is InChI=1S/C23H23N5O3/c1-3-4-19-21-18(11-20(16-5-6-16)26-22(21)31-27-19)23(29)30-14(2)15-7-9-17(10-8-15)28-13-24-12-25-28/h7-14,16H,3-6H2,1-2H3/t14-/m1/s1. The van der Waals surface area contributed by atoms with E-state index in [1.807, 2.05) is 37.3 Å². The number of ether oxygens (including phenoxy) is 1. The molecule has 3 heterocycles. The van der Waals surface area contributed by atoms with Gasteiger partial charge in [0.15, 0.2) is 0 Å². The molecule has 0 spiro atoms. The van der Waals surface area contributed by atoms with Gasteiger partial charge in [-0.05, 0) is 49.9 Å². The lowest BCUT2D eigenvalue weighted by Gasteiger charge is -2.15. The van der Waals surface area contributed by atoms with Gasteiger partial charge in [-0.15, -0.1) is 0 Å². The van der Waals surface area contributed by atoms with Gasteiger partial charge in [0.05, 0.1) is 22.3 Å². The Hall–Kier alpha value is -3.55. The fourth-order valence-corrected chi connectivity index (χ4v) is 3.72. The number of carbonyl (C=O) groups excluding carboxylic acids is 1. The predicted octanol–water partition coefficient (Wildman–Crippen LogP) is 4.55. The summed E-state index contributed by atoms with van der Waals surface area (Å²) in [5.41, 5.74) is 4.32. The molecule has 158 valence electrons. The molecule has 1 saturated carbocycles. The van der Waals surface area contributed by atoms with Crippen molar-refractivity contribution in [2.24, 2.45) is 0 Å². The highest BCUT2D eigenvalue weighted by molar-refractivity contribution is 6.03. The summed E-state index contributed by atoms with van der Waals surface area (Å²) in [6.07, 6.45) is 6.49. The number of carbonyl (C=O) groups is 1. The molecule has 0 N–H and O–H groups in total. The minimum Gasteiger partial charge on any atom is -0.454 e. The molecule has 0 aliphatic heterocycles. The number of benzene rings is 1. The Morgan fingerprint density at radius 3 is 2.77 bits per heavy atom. The summed E-state index contributed by atoms with van der Waals surface area (Å²) >= 11 is 0. The number of nitrogens with zero attached hydrogens (tertiary/aromatic N) is 5. The zero-order chi connectivity index (χ0) is 21.4. The van der Waals surface area contributed by atoms with Crippen LogP contribution in [0.2, 0.25) is 0 Å². The zero-order valence-corrected chi connectivity index (χ0v) is 17.5. The van der Waals surface area contributed by atoms with Crippen molar-refractivity contribution in [3.8, 4) is 5.69 Å². The number of aryl methyl sites for hydroxylation is 1. The molecule has 0 amide bonds. The Morgan fingerprint density at radius 2 is 2.10 bits per heavy atom. The lowest BCUT2D eigenvalue weighted by atomic mass is 10.1. The van der Waals surface area contributed by atoms with Crippen LogP contribution in [0.15, 0.2) is 47.5 Å². The van der Waals surface area contributed by atoms with Gasteiger partial charge >= 0.3 is 5.97 Å². The third kappa shape index (κ3) is 3.81. The van der Waals surface area contributed by atoms with Crippen molar-refractivity contribution in [2.75, 3.05) is 0 Å². The molecule has 1 aromatic carbocycles. The summed E-state index contributed by atoms with van der Waals surface area (Å²) in [5, 5.41) is 8.96. The van der Waals surface area contributed by atoms with Gasteiger partial charge in [0.1, 0.15) is 18.8 Å². The quantitative estimate of drug-likeness (QED) is 0.407. The number of hydrogen-bond donors (Lipinski definition) is 0. The Kier molecular flexibility index (Phi) is 4.97. The maximum absolute atomic E-state index is 13.2. The number of hydrogen-bond acceptors (Lipinski definition) is 7. The van der Waals surface area contributed by atoms with Gasteiger partial charge in [0.2, 0.25) is 0 Å². The minimum absolute atomic E-state index is 0.386. The van der Waals surface area contributed by atoms with Gasteiger partial charge in [-0.25, -0.2) is 19.4 Å². The highest BCUT2D eigenvalue weighted by Gasteiger charge is 2.30. The maximum atomic E-state index is 13.2. The third-order valence-corrected chi connectivity index (χ3v) is 5.57. The summed E-state index contributed by atoms with van der Waals surface area (Å²) < 4.78 is 13.0. The molecule has 4 aromatic rings. The summed E-state index contributed by atoms with van der Waals surface area (Å²) in [4.78, 5) is 21.8. The second-order valence-corrected chi connectivity index (χ2v) is 7.91. The predicted molar refractivity (Wildman–Crippen MR) is 113 cm³/mol. The largest absolute Gasteiger partial charge is 0.454 e. The fourth-order valence-electron chi connectivity index (χ4n) is 3.72. The lowest BCUT2D eigenvalue weighted by molar-refractivity contribution is 0.0340. The van der Waals surface area contributed by atoms with E-state index in [9.17, 15) is 4.79 Å². The molecule has 1 aliphatic rings. The second kappa shape index (κ2) is 7.94. The van der Waals surface area contributed by atoms with Gasteiger partial charge in [-0.3, -0.25) is 0 Å². The van der Waals surface area contributed by atoms with Crippen LogP contribution in [0.25, 0.3) is 16.8 Å². The molecule has 0 radical (unpaired) electrons. The summed E-state index contributed by atoms with van der Waals surface area (Å²) in [6.45, 7) is 3.93. The van der Waals surface area contributed by atoms with E-state index in [1.165, 1.54) is 6.33 Å². The highest BCUT2D eigenvalue weighted by Crippen LogP contribution is 2.41. The van der Waals surface area contributed by atoms with Crippen LogP contribution in [-0.4, -0.2) is 30.9 Å². The van der Waals surface area contributed by atoms with Crippen molar-refractivity contribution in [3.05, 3.63) is 65.5 Å². The number of fused-ring (bicyclic) bond motifs is 1. The Labute approximate surface area is 179 Å².